The van der Waals surface area contributed by atoms with Gasteiger partial charge in [-0.2, -0.15) is 4.57 Å². The Kier molecular flexibility index (Phi) is 5.87. The van der Waals surface area contributed by atoms with Crippen LogP contribution < -0.4 is 9.47 Å². The summed E-state index contributed by atoms with van der Waals surface area (Å²) in [5, 5.41) is 2.10. The van der Waals surface area contributed by atoms with Crippen LogP contribution in [0.3, 0.4) is 0 Å². The van der Waals surface area contributed by atoms with E-state index in [1.807, 2.05) is 62.7 Å². The van der Waals surface area contributed by atoms with Crippen LogP contribution in [0, 0.1) is 11.6 Å². The molecule has 0 spiro atoms. The largest absolute Gasteiger partial charge is 0.338 e. The molecule has 1 aliphatic heterocycles. The van der Waals surface area contributed by atoms with Gasteiger partial charge in [0.25, 0.3) is 5.01 Å². The van der Waals surface area contributed by atoms with E-state index in [2.05, 4.69) is 33.7 Å². The first-order valence-corrected chi connectivity index (χ1v) is 12.1. The average molecular weight is 476 g/mol. The first kappa shape index (κ1) is 21.6. The van der Waals surface area contributed by atoms with Crippen molar-refractivity contribution in [2.45, 2.75) is 4.90 Å². The Morgan fingerprint density at radius 2 is 1.70 bits per heavy atom. The van der Waals surface area contributed by atoms with Crippen LogP contribution in [0.2, 0.25) is 0 Å². The van der Waals surface area contributed by atoms with Gasteiger partial charge in [0.05, 0.1) is 10.7 Å². The lowest BCUT2D eigenvalue weighted by atomic mass is 10.0. The van der Waals surface area contributed by atoms with Crippen LogP contribution in [0.4, 0.5) is 14.5 Å². The standard InChI is InChI=1S/C27H21F2N2S2/c1-30-22-7-3-5-9-24(22)32-26(30)13-11-18(19-15-20(28)17-21(29)16-19)12-14-27-31(2)23-8-4-6-10-25(23)33-27/h3-17H,1-2H3/q+1. The van der Waals surface area contributed by atoms with E-state index in [-0.39, 0.29) is 0 Å². The predicted molar refractivity (Wildman–Crippen MR) is 135 cm³/mol. The van der Waals surface area contributed by atoms with Crippen molar-refractivity contribution < 1.29 is 13.3 Å². The van der Waals surface area contributed by atoms with Crippen LogP contribution in [0.25, 0.3) is 21.9 Å². The number of thioether (sulfide) groups is 1. The van der Waals surface area contributed by atoms with Crippen molar-refractivity contribution in [2.75, 3.05) is 11.9 Å². The molecule has 1 aromatic heterocycles. The van der Waals surface area contributed by atoms with Gasteiger partial charge in [0.2, 0.25) is 5.52 Å². The highest BCUT2D eigenvalue weighted by Crippen LogP contribution is 2.44. The fraction of sp³-hybridized carbons (Fsp3) is 0.0741. The van der Waals surface area contributed by atoms with Crippen molar-refractivity contribution >= 4 is 50.7 Å². The Morgan fingerprint density at radius 3 is 2.45 bits per heavy atom. The van der Waals surface area contributed by atoms with E-state index in [4.69, 9.17) is 0 Å². The van der Waals surface area contributed by atoms with E-state index in [9.17, 15) is 8.78 Å². The summed E-state index contributed by atoms with van der Waals surface area (Å²) in [7, 11) is 4.04. The number of fused-ring (bicyclic) bond motifs is 2. The molecule has 5 rings (SSSR count). The van der Waals surface area contributed by atoms with E-state index in [1.54, 1.807) is 23.1 Å². The molecule has 0 atom stereocenters. The van der Waals surface area contributed by atoms with Crippen molar-refractivity contribution in [3.63, 3.8) is 0 Å². The smallest absolute Gasteiger partial charge is 0.262 e. The lowest BCUT2D eigenvalue weighted by Gasteiger charge is -2.12. The molecule has 1 aliphatic rings. The lowest BCUT2D eigenvalue weighted by Crippen LogP contribution is -2.28. The molecular weight excluding hydrogens is 454 g/mol. The number of aromatic nitrogens is 1. The number of rotatable bonds is 4. The molecule has 2 nitrogen and oxygen atoms in total. The number of allylic oxidation sites excluding steroid dienone is 4. The van der Waals surface area contributed by atoms with Gasteiger partial charge in [-0.15, -0.1) is 0 Å². The average Bonchev–Trinajstić information content (AvgIpc) is 3.30. The van der Waals surface area contributed by atoms with Crippen LogP contribution in [0.15, 0.2) is 94.9 Å². The quantitative estimate of drug-likeness (QED) is 0.228. The van der Waals surface area contributed by atoms with Gasteiger partial charge in [-0.1, -0.05) is 53.4 Å². The Morgan fingerprint density at radius 1 is 0.970 bits per heavy atom. The van der Waals surface area contributed by atoms with Crippen LogP contribution in [0.1, 0.15) is 10.6 Å². The van der Waals surface area contributed by atoms with E-state index >= 15 is 0 Å². The molecular formula is C27H21F2N2S2+. The van der Waals surface area contributed by atoms with Gasteiger partial charge in [-0.05, 0) is 53.6 Å². The van der Waals surface area contributed by atoms with E-state index in [1.165, 1.54) is 21.7 Å². The normalized spacial score (nSPS) is 15.2. The zero-order chi connectivity index (χ0) is 22.9. The molecule has 0 bridgehead atoms. The van der Waals surface area contributed by atoms with Crippen LogP contribution in [-0.2, 0) is 7.05 Å². The molecule has 0 fully saturated rings. The van der Waals surface area contributed by atoms with Crippen LogP contribution in [-0.4, -0.2) is 7.05 Å². The van der Waals surface area contributed by atoms with Gasteiger partial charge in [0.15, 0.2) is 0 Å². The lowest BCUT2D eigenvalue weighted by molar-refractivity contribution is -0.642. The SMILES string of the molecule is CN1/C(=C/C=C(/C=C/c2sc3ccccc3[n+]2C)c2cc(F)cc(F)c2)Sc2ccccc21. The summed E-state index contributed by atoms with van der Waals surface area (Å²) < 4.78 is 31.3. The minimum absolute atomic E-state index is 0.493. The van der Waals surface area contributed by atoms with Crippen molar-refractivity contribution in [3.05, 3.63) is 112 Å². The Balaban J connectivity index is 1.55. The number of nitrogens with zero attached hydrogens (tertiary/aromatic N) is 2. The van der Waals surface area contributed by atoms with E-state index < -0.39 is 11.6 Å². The Labute approximate surface area is 199 Å². The van der Waals surface area contributed by atoms with Gasteiger partial charge >= 0.3 is 0 Å². The second kappa shape index (κ2) is 8.96. The van der Waals surface area contributed by atoms with Crippen LogP contribution >= 0.6 is 23.1 Å². The fourth-order valence-electron chi connectivity index (χ4n) is 3.82. The van der Waals surface area contributed by atoms with Gasteiger partial charge < -0.3 is 4.90 Å². The summed E-state index contributed by atoms with van der Waals surface area (Å²) in [6.45, 7) is 0. The Hall–Kier alpha value is -3.22. The summed E-state index contributed by atoms with van der Waals surface area (Å²) in [6.07, 6.45) is 7.83. The maximum Gasteiger partial charge on any atom is 0.262 e. The van der Waals surface area contributed by atoms with Crippen molar-refractivity contribution in [1.29, 1.82) is 0 Å². The molecule has 0 unspecified atom stereocenters. The minimum atomic E-state index is -0.593. The highest BCUT2D eigenvalue weighted by atomic mass is 32.2. The van der Waals surface area contributed by atoms with E-state index in [0.717, 1.165) is 32.9 Å². The third-order valence-electron chi connectivity index (χ3n) is 5.55. The van der Waals surface area contributed by atoms with E-state index in [0.29, 0.717) is 5.56 Å². The van der Waals surface area contributed by atoms with Gasteiger partial charge in [0.1, 0.15) is 23.4 Å². The molecule has 3 aromatic carbocycles. The number of anilines is 1. The first-order valence-electron chi connectivity index (χ1n) is 10.4. The zero-order valence-electron chi connectivity index (χ0n) is 18.1. The number of para-hydroxylation sites is 2. The summed E-state index contributed by atoms with van der Waals surface area (Å²) in [5.74, 6) is -1.19. The molecule has 6 heteroatoms. The minimum Gasteiger partial charge on any atom is -0.338 e. The molecule has 0 saturated heterocycles. The number of hydrogen-bond donors (Lipinski definition) is 0. The maximum atomic E-state index is 14.0. The Bertz CT molecular complexity index is 1430. The maximum absolute atomic E-state index is 14.0. The highest BCUT2D eigenvalue weighted by Gasteiger charge is 2.20. The summed E-state index contributed by atoms with van der Waals surface area (Å²) in [6, 6.07) is 20.0. The molecule has 33 heavy (non-hydrogen) atoms. The summed E-state index contributed by atoms with van der Waals surface area (Å²) >= 11 is 3.35. The molecule has 0 aliphatic carbocycles. The number of halogens is 2. The molecule has 0 saturated carbocycles. The van der Waals surface area contributed by atoms with Gasteiger partial charge in [0, 0.05) is 30.2 Å². The molecule has 164 valence electrons. The third-order valence-corrected chi connectivity index (χ3v) is 7.92. The number of thiazole rings is 1. The third kappa shape index (κ3) is 4.36. The molecule has 0 radical (unpaired) electrons. The molecule has 2 heterocycles. The zero-order valence-corrected chi connectivity index (χ0v) is 19.8. The number of aryl methyl sites for hydroxylation is 1. The topological polar surface area (TPSA) is 7.12 Å². The summed E-state index contributed by atoms with van der Waals surface area (Å²) in [5.41, 5.74) is 3.51. The predicted octanol–water partition coefficient (Wildman–Crippen LogP) is 7.18. The monoisotopic (exact) mass is 475 g/mol. The molecule has 0 amide bonds. The fourth-order valence-corrected chi connectivity index (χ4v) is 5.93. The number of hydrogen-bond acceptors (Lipinski definition) is 3. The van der Waals surface area contributed by atoms with Crippen molar-refractivity contribution in [3.8, 4) is 0 Å². The number of benzene rings is 3. The first-order chi connectivity index (χ1) is 16.0. The van der Waals surface area contributed by atoms with Crippen LogP contribution in [0.5, 0.6) is 0 Å². The van der Waals surface area contributed by atoms with Gasteiger partial charge in [-0.3, -0.25) is 0 Å². The second-order valence-corrected chi connectivity index (χ2v) is 9.84. The van der Waals surface area contributed by atoms with Crippen molar-refractivity contribution in [2.24, 2.45) is 7.05 Å². The van der Waals surface area contributed by atoms with Gasteiger partial charge in [-0.25, -0.2) is 8.78 Å². The highest BCUT2D eigenvalue weighted by molar-refractivity contribution is 8.03. The second-order valence-electron chi connectivity index (χ2n) is 7.71. The molecule has 4 aromatic rings. The van der Waals surface area contributed by atoms with Crippen molar-refractivity contribution in [1.82, 2.24) is 0 Å². The summed E-state index contributed by atoms with van der Waals surface area (Å²) in [4.78, 5) is 3.31. The molecule has 0 N–H and O–H groups in total.